The summed E-state index contributed by atoms with van der Waals surface area (Å²) in [5.74, 6) is -0.136. The first-order valence-corrected chi connectivity index (χ1v) is 5.12. The van der Waals surface area contributed by atoms with E-state index in [2.05, 4.69) is 0 Å². The molecule has 1 aliphatic rings. The molecule has 2 atom stereocenters. The van der Waals surface area contributed by atoms with E-state index in [1.54, 1.807) is 18.2 Å². The van der Waals surface area contributed by atoms with E-state index in [1.165, 1.54) is 6.07 Å². The maximum Gasteiger partial charge on any atom is 0.129 e. The van der Waals surface area contributed by atoms with Crippen LogP contribution in [0.3, 0.4) is 0 Å². The Balaban J connectivity index is 2.43. The molecule has 0 spiro atoms. The number of hydrogen-bond acceptors (Lipinski definition) is 1. The lowest BCUT2D eigenvalue weighted by molar-refractivity contribution is 0.00121. The molecule has 0 saturated heterocycles. The minimum Gasteiger partial charge on any atom is -0.385 e. The van der Waals surface area contributed by atoms with Crippen LogP contribution < -0.4 is 0 Å². The number of rotatable bonds is 1. The first-order chi connectivity index (χ1) is 6.64. The summed E-state index contributed by atoms with van der Waals surface area (Å²) < 4.78 is 13.5. The third kappa shape index (κ3) is 1.34. The quantitative estimate of drug-likeness (QED) is 0.728. The Morgan fingerprint density at radius 1 is 1.43 bits per heavy atom. The molecule has 1 fully saturated rings. The molecule has 76 valence electrons. The molecule has 1 aromatic carbocycles. The van der Waals surface area contributed by atoms with Crippen LogP contribution in [0.25, 0.3) is 0 Å². The van der Waals surface area contributed by atoms with E-state index < -0.39 is 5.60 Å². The van der Waals surface area contributed by atoms with E-state index in [-0.39, 0.29) is 11.7 Å². The van der Waals surface area contributed by atoms with E-state index in [1.807, 2.05) is 6.92 Å². The summed E-state index contributed by atoms with van der Waals surface area (Å²) in [6.45, 7) is 1.99. The zero-order chi connectivity index (χ0) is 10.2. The Hall–Kier alpha value is -0.890. The predicted molar refractivity (Wildman–Crippen MR) is 53.3 cm³/mol. The summed E-state index contributed by atoms with van der Waals surface area (Å²) in [6.07, 6.45) is 2.63. The molecule has 0 heterocycles. The molecule has 1 aliphatic carbocycles. The first kappa shape index (κ1) is 9.66. The lowest BCUT2D eigenvalue weighted by Crippen LogP contribution is -2.29. The third-order valence-electron chi connectivity index (χ3n) is 3.35. The molecule has 2 heteroatoms. The second-order valence-electron chi connectivity index (χ2n) is 4.20. The van der Waals surface area contributed by atoms with Gasteiger partial charge in [0.2, 0.25) is 0 Å². The maximum atomic E-state index is 13.5. The van der Waals surface area contributed by atoms with Crippen LogP contribution in [0.1, 0.15) is 31.7 Å². The van der Waals surface area contributed by atoms with Crippen LogP contribution in [0.4, 0.5) is 4.39 Å². The fourth-order valence-corrected chi connectivity index (χ4v) is 2.38. The minimum absolute atomic E-state index is 0.152. The van der Waals surface area contributed by atoms with Crippen molar-refractivity contribution in [3.63, 3.8) is 0 Å². The zero-order valence-corrected chi connectivity index (χ0v) is 8.33. The van der Waals surface area contributed by atoms with Crippen molar-refractivity contribution in [2.24, 2.45) is 5.92 Å². The van der Waals surface area contributed by atoms with Crippen LogP contribution in [0.2, 0.25) is 0 Å². The Morgan fingerprint density at radius 3 is 2.71 bits per heavy atom. The standard InChI is InChI=1S/C12H15FO/c1-9-5-4-8-12(9,14)10-6-2-3-7-11(10)13/h2-3,6-7,9,14H,4-5,8H2,1H3/t9-,12-/m1/s1. The van der Waals surface area contributed by atoms with Crippen LogP contribution in [0, 0.1) is 11.7 Å². The molecule has 0 radical (unpaired) electrons. The van der Waals surface area contributed by atoms with Crippen LogP contribution >= 0.6 is 0 Å². The molecule has 14 heavy (non-hydrogen) atoms. The molecule has 0 unspecified atom stereocenters. The van der Waals surface area contributed by atoms with Gasteiger partial charge < -0.3 is 5.11 Å². The second-order valence-corrected chi connectivity index (χ2v) is 4.20. The van der Waals surface area contributed by atoms with E-state index in [4.69, 9.17) is 0 Å². The number of benzene rings is 1. The van der Waals surface area contributed by atoms with Crippen molar-refractivity contribution in [3.8, 4) is 0 Å². The fraction of sp³-hybridized carbons (Fsp3) is 0.500. The van der Waals surface area contributed by atoms with Crippen LogP contribution in [-0.4, -0.2) is 5.11 Å². The van der Waals surface area contributed by atoms with Crippen molar-refractivity contribution >= 4 is 0 Å². The topological polar surface area (TPSA) is 20.2 Å². The predicted octanol–water partition coefficient (Wildman–Crippen LogP) is 2.83. The van der Waals surface area contributed by atoms with Gasteiger partial charge in [-0.25, -0.2) is 4.39 Å². The number of aliphatic hydroxyl groups is 1. The average molecular weight is 194 g/mol. The lowest BCUT2D eigenvalue weighted by Gasteiger charge is -2.28. The second kappa shape index (κ2) is 3.35. The molecule has 1 saturated carbocycles. The third-order valence-corrected chi connectivity index (χ3v) is 3.35. The smallest absolute Gasteiger partial charge is 0.129 e. The van der Waals surface area contributed by atoms with Crippen LogP contribution in [0.5, 0.6) is 0 Å². The molecule has 2 rings (SSSR count). The van der Waals surface area contributed by atoms with Gasteiger partial charge in [0, 0.05) is 5.56 Å². The van der Waals surface area contributed by atoms with E-state index in [9.17, 15) is 9.50 Å². The van der Waals surface area contributed by atoms with E-state index >= 15 is 0 Å². The van der Waals surface area contributed by atoms with Crippen molar-refractivity contribution < 1.29 is 9.50 Å². The highest BCUT2D eigenvalue weighted by Crippen LogP contribution is 2.43. The Labute approximate surface area is 83.6 Å². The maximum absolute atomic E-state index is 13.5. The van der Waals surface area contributed by atoms with Gasteiger partial charge in [-0.1, -0.05) is 25.1 Å². The van der Waals surface area contributed by atoms with Crippen LogP contribution in [0.15, 0.2) is 24.3 Å². The Morgan fingerprint density at radius 2 is 2.14 bits per heavy atom. The highest BCUT2D eigenvalue weighted by molar-refractivity contribution is 5.26. The van der Waals surface area contributed by atoms with Crippen molar-refractivity contribution in [1.82, 2.24) is 0 Å². The molecule has 0 aromatic heterocycles. The van der Waals surface area contributed by atoms with Crippen LogP contribution in [-0.2, 0) is 5.60 Å². The van der Waals surface area contributed by atoms with Gasteiger partial charge >= 0.3 is 0 Å². The van der Waals surface area contributed by atoms with Crippen molar-refractivity contribution in [1.29, 1.82) is 0 Å². The summed E-state index contributed by atoms with van der Waals surface area (Å²) in [4.78, 5) is 0. The highest BCUT2D eigenvalue weighted by atomic mass is 19.1. The van der Waals surface area contributed by atoms with Gasteiger partial charge in [0.25, 0.3) is 0 Å². The van der Waals surface area contributed by atoms with Gasteiger partial charge in [-0.2, -0.15) is 0 Å². The summed E-state index contributed by atoms with van der Waals surface area (Å²) in [5.41, 5.74) is -0.476. The summed E-state index contributed by atoms with van der Waals surface area (Å²) in [6, 6.07) is 6.54. The normalized spacial score (nSPS) is 32.1. The molecule has 1 N–H and O–H groups in total. The highest BCUT2D eigenvalue weighted by Gasteiger charge is 2.41. The lowest BCUT2D eigenvalue weighted by atomic mass is 9.85. The first-order valence-electron chi connectivity index (χ1n) is 5.12. The van der Waals surface area contributed by atoms with Crippen molar-refractivity contribution in [2.75, 3.05) is 0 Å². The average Bonchev–Trinajstić information content (AvgIpc) is 2.49. The molecule has 0 bridgehead atoms. The Bertz CT molecular complexity index is 337. The van der Waals surface area contributed by atoms with Gasteiger partial charge in [0.05, 0.1) is 5.60 Å². The number of halogens is 1. The largest absolute Gasteiger partial charge is 0.385 e. The van der Waals surface area contributed by atoms with Gasteiger partial charge in [-0.05, 0) is 31.2 Å². The van der Waals surface area contributed by atoms with Gasteiger partial charge in [-0.15, -0.1) is 0 Å². The Kier molecular flexibility index (Phi) is 2.31. The van der Waals surface area contributed by atoms with Gasteiger partial charge in [-0.3, -0.25) is 0 Å². The molecular weight excluding hydrogens is 179 g/mol. The van der Waals surface area contributed by atoms with Gasteiger partial charge in [0.15, 0.2) is 0 Å². The molecular formula is C12H15FO. The SMILES string of the molecule is C[C@@H]1CCC[C@]1(O)c1ccccc1F. The fourth-order valence-electron chi connectivity index (χ4n) is 2.38. The minimum atomic E-state index is -0.939. The number of hydrogen-bond donors (Lipinski definition) is 1. The molecule has 1 nitrogen and oxygen atoms in total. The monoisotopic (exact) mass is 194 g/mol. The van der Waals surface area contributed by atoms with Crippen molar-refractivity contribution in [2.45, 2.75) is 31.8 Å². The van der Waals surface area contributed by atoms with E-state index in [0.717, 1.165) is 12.8 Å². The summed E-state index contributed by atoms with van der Waals surface area (Å²) in [7, 11) is 0. The van der Waals surface area contributed by atoms with Gasteiger partial charge in [0.1, 0.15) is 5.82 Å². The zero-order valence-electron chi connectivity index (χ0n) is 8.33. The summed E-state index contributed by atoms with van der Waals surface area (Å²) in [5, 5.41) is 10.4. The molecule has 0 amide bonds. The van der Waals surface area contributed by atoms with Crippen molar-refractivity contribution in [3.05, 3.63) is 35.6 Å². The molecule has 0 aliphatic heterocycles. The molecule has 1 aromatic rings. The summed E-state index contributed by atoms with van der Waals surface area (Å²) >= 11 is 0. The van der Waals surface area contributed by atoms with E-state index in [0.29, 0.717) is 12.0 Å².